The van der Waals surface area contributed by atoms with E-state index < -0.39 is 17.8 Å². The lowest BCUT2D eigenvalue weighted by Gasteiger charge is -2.23. The van der Waals surface area contributed by atoms with Crippen molar-refractivity contribution in [3.05, 3.63) is 35.4 Å². The van der Waals surface area contributed by atoms with E-state index >= 15 is 0 Å². The van der Waals surface area contributed by atoms with Gasteiger partial charge in [-0.05, 0) is 17.7 Å². The number of nitrogens with zero attached hydrogens (tertiary/aromatic N) is 1. The lowest BCUT2D eigenvalue weighted by Crippen LogP contribution is -2.34. The number of benzene rings is 1. The zero-order chi connectivity index (χ0) is 14.0. The summed E-state index contributed by atoms with van der Waals surface area (Å²) in [4.78, 5) is 13.0. The minimum atomic E-state index is -4.38. The van der Waals surface area contributed by atoms with Gasteiger partial charge in [0.2, 0.25) is 0 Å². The Kier molecular flexibility index (Phi) is 3.66. The first-order chi connectivity index (χ1) is 8.93. The number of alkyl halides is 3. The van der Waals surface area contributed by atoms with Gasteiger partial charge in [-0.3, -0.25) is 0 Å². The largest absolute Gasteiger partial charge is 0.416 e. The van der Waals surface area contributed by atoms with Gasteiger partial charge in [0.05, 0.1) is 11.6 Å². The molecule has 0 aromatic heterocycles. The van der Waals surface area contributed by atoms with Gasteiger partial charge in [-0.1, -0.05) is 12.1 Å². The van der Waals surface area contributed by atoms with E-state index in [-0.39, 0.29) is 12.6 Å². The molecule has 19 heavy (non-hydrogen) atoms. The van der Waals surface area contributed by atoms with E-state index in [0.717, 1.165) is 12.1 Å². The van der Waals surface area contributed by atoms with E-state index in [2.05, 4.69) is 5.32 Å². The Morgan fingerprint density at radius 2 is 2.16 bits per heavy atom. The summed E-state index contributed by atoms with van der Waals surface area (Å²) in [6, 6.07) is 4.33. The molecule has 1 aliphatic heterocycles. The fraction of sp³-hybridized carbons (Fsp3) is 0.417. The van der Waals surface area contributed by atoms with Crippen LogP contribution in [0.25, 0.3) is 0 Å². The Hall–Kier alpha value is -1.76. The van der Waals surface area contributed by atoms with Crippen LogP contribution in [-0.2, 0) is 6.18 Å². The van der Waals surface area contributed by atoms with E-state index in [1.165, 1.54) is 11.0 Å². The van der Waals surface area contributed by atoms with Crippen LogP contribution in [0.1, 0.15) is 17.2 Å². The highest BCUT2D eigenvalue weighted by atomic mass is 19.4. The van der Waals surface area contributed by atoms with Gasteiger partial charge in [-0.15, -0.1) is 0 Å². The number of amides is 2. The first-order valence-electron chi connectivity index (χ1n) is 5.85. The van der Waals surface area contributed by atoms with Crippen molar-refractivity contribution in [3.63, 3.8) is 0 Å². The molecule has 1 fully saturated rings. The van der Waals surface area contributed by atoms with Crippen LogP contribution in [0.15, 0.2) is 24.3 Å². The monoisotopic (exact) mass is 273 g/mol. The van der Waals surface area contributed by atoms with Crippen LogP contribution in [0.3, 0.4) is 0 Å². The number of rotatable bonds is 3. The van der Waals surface area contributed by atoms with E-state index in [4.69, 9.17) is 5.73 Å². The summed E-state index contributed by atoms with van der Waals surface area (Å²) in [5, 5.41) is 2.61. The predicted molar refractivity (Wildman–Crippen MR) is 63.3 cm³/mol. The lowest BCUT2D eigenvalue weighted by molar-refractivity contribution is -0.137. The van der Waals surface area contributed by atoms with E-state index in [1.807, 2.05) is 0 Å². The zero-order valence-electron chi connectivity index (χ0n) is 10.1. The normalized spacial score (nSPS) is 19.7. The molecule has 1 unspecified atom stereocenters. The summed E-state index contributed by atoms with van der Waals surface area (Å²) in [6.07, 6.45) is -4.38. The van der Waals surface area contributed by atoms with Crippen molar-refractivity contribution >= 4 is 6.03 Å². The van der Waals surface area contributed by atoms with Crippen molar-refractivity contribution in [1.82, 2.24) is 10.2 Å². The fourth-order valence-corrected chi connectivity index (χ4v) is 2.15. The Morgan fingerprint density at radius 1 is 1.42 bits per heavy atom. The first-order valence-corrected chi connectivity index (χ1v) is 5.85. The molecule has 0 radical (unpaired) electrons. The Balaban J connectivity index is 2.29. The summed E-state index contributed by atoms with van der Waals surface area (Å²) in [6.45, 7) is 0.871. The van der Waals surface area contributed by atoms with Gasteiger partial charge in [0.1, 0.15) is 0 Å². The number of carbonyl (C=O) groups is 1. The van der Waals surface area contributed by atoms with Gasteiger partial charge in [0.25, 0.3) is 0 Å². The molecule has 2 rings (SSSR count). The van der Waals surface area contributed by atoms with Gasteiger partial charge >= 0.3 is 12.2 Å². The van der Waals surface area contributed by atoms with E-state index in [1.54, 1.807) is 6.07 Å². The number of nitrogens with one attached hydrogen (secondary N) is 1. The Bertz CT molecular complexity index is 476. The molecule has 1 atom stereocenters. The molecule has 2 amide bonds. The molecule has 0 bridgehead atoms. The molecular formula is C12H14F3N3O. The minimum Gasteiger partial charge on any atom is -0.336 e. The average Bonchev–Trinajstić information content (AvgIpc) is 2.71. The van der Waals surface area contributed by atoms with E-state index in [0.29, 0.717) is 18.7 Å². The standard InChI is InChI=1S/C12H14F3N3O/c13-12(14,15)9-3-1-2-8(6-9)10-7-17-11(19)18(10)5-4-16/h1-3,6,10H,4-5,7,16H2,(H,17,19). The van der Waals surface area contributed by atoms with Crippen LogP contribution in [0, 0.1) is 0 Å². The molecular weight excluding hydrogens is 259 g/mol. The molecule has 1 heterocycles. The maximum Gasteiger partial charge on any atom is 0.416 e. The highest BCUT2D eigenvalue weighted by Gasteiger charge is 2.34. The van der Waals surface area contributed by atoms with Gasteiger partial charge in [-0.2, -0.15) is 13.2 Å². The van der Waals surface area contributed by atoms with E-state index in [9.17, 15) is 18.0 Å². The van der Waals surface area contributed by atoms with Gasteiger partial charge < -0.3 is 16.0 Å². The highest BCUT2D eigenvalue weighted by Crippen LogP contribution is 2.32. The van der Waals surface area contributed by atoms with Crippen LogP contribution in [-0.4, -0.2) is 30.6 Å². The summed E-state index contributed by atoms with van der Waals surface area (Å²) in [5.74, 6) is 0. The Morgan fingerprint density at radius 3 is 2.79 bits per heavy atom. The van der Waals surface area contributed by atoms with Crippen LogP contribution in [0.5, 0.6) is 0 Å². The van der Waals surface area contributed by atoms with Crippen LogP contribution < -0.4 is 11.1 Å². The second-order valence-electron chi connectivity index (χ2n) is 4.31. The molecule has 7 heteroatoms. The number of halogens is 3. The minimum absolute atomic E-state index is 0.267. The lowest BCUT2D eigenvalue weighted by atomic mass is 10.0. The predicted octanol–water partition coefficient (Wildman–Crippen LogP) is 1.73. The SMILES string of the molecule is NCCN1C(=O)NCC1c1cccc(C(F)(F)F)c1. The molecule has 1 saturated heterocycles. The van der Waals surface area contributed by atoms with Crippen LogP contribution in [0.2, 0.25) is 0 Å². The molecule has 104 valence electrons. The number of hydrogen-bond acceptors (Lipinski definition) is 2. The van der Waals surface area contributed by atoms with Crippen molar-refractivity contribution in [2.24, 2.45) is 5.73 Å². The van der Waals surface area contributed by atoms with Crippen molar-refractivity contribution in [1.29, 1.82) is 0 Å². The average molecular weight is 273 g/mol. The molecule has 4 nitrogen and oxygen atoms in total. The number of urea groups is 1. The molecule has 1 aliphatic rings. The highest BCUT2D eigenvalue weighted by molar-refractivity contribution is 5.77. The van der Waals surface area contributed by atoms with Crippen LogP contribution >= 0.6 is 0 Å². The van der Waals surface area contributed by atoms with Crippen molar-refractivity contribution in [3.8, 4) is 0 Å². The molecule has 0 saturated carbocycles. The summed E-state index contributed by atoms with van der Waals surface area (Å²) in [5.41, 5.74) is 5.16. The fourth-order valence-electron chi connectivity index (χ4n) is 2.15. The first kappa shape index (κ1) is 13.7. The van der Waals surface area contributed by atoms with Crippen molar-refractivity contribution < 1.29 is 18.0 Å². The second-order valence-corrected chi connectivity index (χ2v) is 4.31. The topological polar surface area (TPSA) is 58.4 Å². The third kappa shape index (κ3) is 2.81. The molecule has 0 aliphatic carbocycles. The van der Waals surface area contributed by atoms with Crippen LogP contribution in [0.4, 0.5) is 18.0 Å². The third-order valence-electron chi connectivity index (χ3n) is 3.05. The van der Waals surface area contributed by atoms with Crippen molar-refractivity contribution in [2.45, 2.75) is 12.2 Å². The quantitative estimate of drug-likeness (QED) is 0.881. The van der Waals surface area contributed by atoms with Crippen molar-refractivity contribution in [2.75, 3.05) is 19.6 Å². The third-order valence-corrected chi connectivity index (χ3v) is 3.05. The van der Waals surface area contributed by atoms with Gasteiger partial charge in [-0.25, -0.2) is 4.79 Å². The number of carbonyl (C=O) groups excluding carboxylic acids is 1. The maximum absolute atomic E-state index is 12.7. The molecule has 1 aromatic carbocycles. The number of nitrogens with two attached hydrogens (primary N) is 1. The second kappa shape index (κ2) is 5.08. The summed E-state index contributed by atoms with van der Waals surface area (Å²) >= 11 is 0. The molecule has 3 N–H and O–H groups in total. The maximum atomic E-state index is 12.7. The zero-order valence-corrected chi connectivity index (χ0v) is 10.1. The van der Waals surface area contributed by atoms with Gasteiger partial charge in [0, 0.05) is 19.6 Å². The van der Waals surface area contributed by atoms with Gasteiger partial charge in [0.15, 0.2) is 0 Å². The summed E-state index contributed by atoms with van der Waals surface area (Å²) < 4.78 is 38.0. The smallest absolute Gasteiger partial charge is 0.336 e. The Labute approximate surface area is 108 Å². The molecule has 1 aromatic rings. The molecule has 0 spiro atoms. The summed E-state index contributed by atoms with van der Waals surface area (Å²) in [7, 11) is 0. The number of hydrogen-bond donors (Lipinski definition) is 2.